The molecule has 0 radical (unpaired) electrons. The Morgan fingerprint density at radius 2 is 1.46 bits per heavy atom. The third-order valence-electron chi connectivity index (χ3n) is 6.33. The zero-order valence-corrected chi connectivity index (χ0v) is 19.7. The van der Waals surface area contributed by atoms with Crippen molar-refractivity contribution in [2.24, 2.45) is 0 Å². The quantitative estimate of drug-likeness (QED) is 0.140. The SMILES string of the molecule is O=C(O[C@@H]1Cc2c(O)cc(O)cc2O[C@@H]1c1cc(O)c(=O)c2c(O)c(O)ccc2c1)c1cc(O)c(O)c(O)c1. The second-order valence-electron chi connectivity index (χ2n) is 8.89. The molecule has 4 aromatic carbocycles. The normalized spacial score (nSPS) is 16.3. The summed E-state index contributed by atoms with van der Waals surface area (Å²) in [6, 6.07) is 8.81. The van der Waals surface area contributed by atoms with Crippen LogP contribution in [0.3, 0.4) is 0 Å². The van der Waals surface area contributed by atoms with Crippen molar-refractivity contribution < 1.29 is 55.1 Å². The number of benzene rings is 3. The van der Waals surface area contributed by atoms with Gasteiger partial charge in [-0.25, -0.2) is 4.79 Å². The molecule has 0 aromatic heterocycles. The third-order valence-corrected chi connectivity index (χ3v) is 6.33. The maximum absolute atomic E-state index is 13.0. The van der Waals surface area contributed by atoms with E-state index in [0.717, 1.165) is 30.3 Å². The molecule has 0 unspecified atom stereocenters. The van der Waals surface area contributed by atoms with Crippen LogP contribution in [0.1, 0.15) is 27.6 Å². The van der Waals surface area contributed by atoms with Crippen LogP contribution < -0.4 is 10.2 Å². The van der Waals surface area contributed by atoms with Gasteiger partial charge >= 0.3 is 5.97 Å². The first kappa shape index (κ1) is 25.1. The van der Waals surface area contributed by atoms with Crippen LogP contribution in [0.25, 0.3) is 10.8 Å². The van der Waals surface area contributed by atoms with Crippen LogP contribution in [0.2, 0.25) is 0 Å². The first-order valence-corrected chi connectivity index (χ1v) is 11.3. The summed E-state index contributed by atoms with van der Waals surface area (Å²) in [6.45, 7) is 0. The molecule has 8 N–H and O–H groups in total. The van der Waals surface area contributed by atoms with Gasteiger partial charge in [-0.3, -0.25) is 4.79 Å². The Bertz CT molecular complexity index is 1710. The average molecular weight is 536 g/mol. The molecule has 1 heterocycles. The molecular weight excluding hydrogens is 516 g/mol. The monoisotopic (exact) mass is 536 g/mol. The summed E-state index contributed by atoms with van der Waals surface area (Å²) in [7, 11) is 0. The minimum absolute atomic E-state index is 0.0165. The minimum Gasteiger partial charge on any atom is -0.508 e. The molecule has 0 bridgehead atoms. The lowest BCUT2D eigenvalue weighted by Crippen LogP contribution is -2.34. The van der Waals surface area contributed by atoms with Crippen LogP contribution in [-0.2, 0) is 11.2 Å². The van der Waals surface area contributed by atoms with Gasteiger partial charge in [0.15, 0.2) is 40.6 Å². The molecule has 0 fully saturated rings. The zero-order chi connectivity index (χ0) is 28.2. The lowest BCUT2D eigenvalue weighted by Gasteiger charge is -2.33. The van der Waals surface area contributed by atoms with E-state index in [2.05, 4.69) is 0 Å². The molecular formula is C27H20O12. The molecule has 39 heavy (non-hydrogen) atoms. The van der Waals surface area contributed by atoms with E-state index in [1.54, 1.807) is 0 Å². The van der Waals surface area contributed by atoms with Crippen molar-refractivity contribution in [3.05, 3.63) is 75.4 Å². The number of phenolic OH excluding ortho intramolecular Hbond substituents is 7. The Morgan fingerprint density at radius 3 is 2.15 bits per heavy atom. The number of hydrogen-bond donors (Lipinski definition) is 8. The number of aromatic hydroxyl groups is 8. The van der Waals surface area contributed by atoms with Gasteiger partial charge in [-0.1, -0.05) is 6.07 Å². The number of fused-ring (bicyclic) bond motifs is 2. The highest BCUT2D eigenvalue weighted by Gasteiger charge is 2.37. The van der Waals surface area contributed by atoms with Crippen LogP contribution in [0.15, 0.2) is 53.3 Å². The van der Waals surface area contributed by atoms with Gasteiger partial charge in [-0.2, -0.15) is 0 Å². The molecule has 1 aliphatic rings. The van der Waals surface area contributed by atoms with Crippen molar-refractivity contribution in [2.75, 3.05) is 0 Å². The van der Waals surface area contributed by atoms with Crippen LogP contribution in [-0.4, -0.2) is 52.9 Å². The Morgan fingerprint density at radius 1 is 0.769 bits per heavy atom. The van der Waals surface area contributed by atoms with Gasteiger partial charge in [0.1, 0.15) is 23.4 Å². The largest absolute Gasteiger partial charge is 0.508 e. The minimum atomic E-state index is -1.26. The predicted molar refractivity (Wildman–Crippen MR) is 133 cm³/mol. The van der Waals surface area contributed by atoms with Crippen molar-refractivity contribution in [3.8, 4) is 51.7 Å². The van der Waals surface area contributed by atoms with E-state index in [1.165, 1.54) is 18.2 Å². The fourth-order valence-corrected chi connectivity index (χ4v) is 4.45. The van der Waals surface area contributed by atoms with Crippen LogP contribution in [0.4, 0.5) is 0 Å². The molecule has 4 aromatic rings. The van der Waals surface area contributed by atoms with E-state index >= 15 is 0 Å². The van der Waals surface area contributed by atoms with Gasteiger partial charge in [0.25, 0.3) is 0 Å². The summed E-state index contributed by atoms with van der Waals surface area (Å²) in [4.78, 5) is 25.8. The molecule has 2 atom stereocenters. The van der Waals surface area contributed by atoms with E-state index in [4.69, 9.17) is 9.47 Å². The maximum Gasteiger partial charge on any atom is 0.338 e. The van der Waals surface area contributed by atoms with Gasteiger partial charge in [0, 0.05) is 29.7 Å². The van der Waals surface area contributed by atoms with Crippen molar-refractivity contribution in [3.63, 3.8) is 0 Å². The molecule has 200 valence electrons. The van der Waals surface area contributed by atoms with E-state index < -0.39 is 58.1 Å². The fourth-order valence-electron chi connectivity index (χ4n) is 4.45. The lowest BCUT2D eigenvalue weighted by atomic mass is 9.94. The third kappa shape index (κ3) is 4.33. The van der Waals surface area contributed by atoms with Gasteiger partial charge in [-0.05, 0) is 35.7 Å². The number of hydrogen-bond acceptors (Lipinski definition) is 12. The molecule has 12 heteroatoms. The standard InChI is InChI=1S/C27H20O12/c28-13-7-16(30)14-9-21(39-27(37)12-5-17(31)23(34)18(32)6-12)26(38-20(14)8-13)11-3-10-1-2-15(29)24(35)22(10)25(36)19(33)4-11/h1-8,21,26,28-32,34-35H,9H2,(H,33,36)/t21-,26-/m1/s1. The summed E-state index contributed by atoms with van der Waals surface area (Å²) in [5.74, 6) is -6.32. The molecule has 0 amide bonds. The highest BCUT2D eigenvalue weighted by Crippen LogP contribution is 2.44. The van der Waals surface area contributed by atoms with Gasteiger partial charge in [0.2, 0.25) is 5.43 Å². The molecule has 0 spiro atoms. The molecule has 12 nitrogen and oxygen atoms in total. The second kappa shape index (κ2) is 9.10. The first-order chi connectivity index (χ1) is 18.4. The Balaban J connectivity index is 1.65. The molecule has 0 saturated carbocycles. The Labute approximate surface area is 218 Å². The van der Waals surface area contributed by atoms with E-state index in [9.17, 15) is 50.4 Å². The van der Waals surface area contributed by atoms with Crippen molar-refractivity contribution in [1.29, 1.82) is 0 Å². The molecule has 5 rings (SSSR count). The number of phenols is 7. The zero-order valence-electron chi connectivity index (χ0n) is 19.7. The Hall–Kier alpha value is -5.52. The summed E-state index contributed by atoms with van der Waals surface area (Å²) in [5.41, 5.74) is -1.09. The predicted octanol–water partition coefficient (Wildman–Crippen LogP) is 2.75. The van der Waals surface area contributed by atoms with E-state index in [0.29, 0.717) is 0 Å². The number of carbonyl (C=O) groups excluding carboxylic acids is 1. The average Bonchev–Trinajstić information content (AvgIpc) is 3.00. The molecule has 0 aliphatic carbocycles. The van der Waals surface area contributed by atoms with E-state index in [-0.39, 0.29) is 51.1 Å². The first-order valence-electron chi connectivity index (χ1n) is 11.3. The number of rotatable bonds is 3. The topological polar surface area (TPSA) is 214 Å². The van der Waals surface area contributed by atoms with Crippen LogP contribution in [0, 0.1) is 0 Å². The van der Waals surface area contributed by atoms with Crippen molar-refractivity contribution >= 4 is 16.7 Å². The van der Waals surface area contributed by atoms with Crippen molar-refractivity contribution in [2.45, 2.75) is 18.6 Å². The van der Waals surface area contributed by atoms with Gasteiger partial charge in [-0.15, -0.1) is 0 Å². The number of esters is 1. The maximum atomic E-state index is 13.0. The summed E-state index contributed by atoms with van der Waals surface area (Å²) < 4.78 is 11.6. The van der Waals surface area contributed by atoms with Crippen molar-refractivity contribution in [1.82, 2.24) is 0 Å². The van der Waals surface area contributed by atoms with Crippen LogP contribution in [0.5, 0.6) is 51.7 Å². The number of ether oxygens (including phenoxy) is 2. The summed E-state index contributed by atoms with van der Waals surface area (Å²) in [5, 5.41) is 79.8. The van der Waals surface area contributed by atoms with Crippen LogP contribution >= 0.6 is 0 Å². The highest BCUT2D eigenvalue weighted by molar-refractivity contribution is 5.92. The smallest absolute Gasteiger partial charge is 0.338 e. The highest BCUT2D eigenvalue weighted by atomic mass is 16.6. The lowest BCUT2D eigenvalue weighted by molar-refractivity contribution is -0.0188. The molecule has 0 saturated heterocycles. The summed E-state index contributed by atoms with van der Waals surface area (Å²) >= 11 is 0. The Kier molecular flexibility index (Phi) is 5.87. The fraction of sp³-hybridized carbons (Fsp3) is 0.111. The van der Waals surface area contributed by atoms with E-state index in [1.807, 2.05) is 0 Å². The van der Waals surface area contributed by atoms with Gasteiger partial charge < -0.3 is 50.3 Å². The second-order valence-corrected chi connectivity index (χ2v) is 8.89. The number of carbonyl (C=O) groups is 1. The van der Waals surface area contributed by atoms with Gasteiger partial charge in [0.05, 0.1) is 10.9 Å². The summed E-state index contributed by atoms with van der Waals surface area (Å²) in [6.07, 6.45) is -2.70. The molecule has 1 aliphatic heterocycles.